The minimum atomic E-state index is 0.0608. The topological polar surface area (TPSA) is 72.4 Å². The van der Waals surface area contributed by atoms with Crippen molar-refractivity contribution in [2.75, 3.05) is 31.2 Å². The van der Waals surface area contributed by atoms with Crippen LogP contribution in [-0.2, 0) is 0 Å². The molecule has 5 nitrogen and oxygen atoms in total. The van der Waals surface area contributed by atoms with Crippen molar-refractivity contribution >= 4 is 16.7 Å². The summed E-state index contributed by atoms with van der Waals surface area (Å²) in [5.41, 5.74) is 3.95. The lowest BCUT2D eigenvalue weighted by Crippen LogP contribution is -2.29. The third-order valence-corrected chi connectivity index (χ3v) is 3.64. The SMILES string of the molecule is OCCN(CCO)c1ccc(-c2nc3ccccc3[nH]2)cc1. The van der Waals surface area contributed by atoms with E-state index in [1.165, 1.54) is 0 Å². The van der Waals surface area contributed by atoms with Crippen molar-refractivity contribution in [3.8, 4) is 11.4 Å². The van der Waals surface area contributed by atoms with Gasteiger partial charge in [-0.05, 0) is 36.4 Å². The van der Waals surface area contributed by atoms with Crippen molar-refractivity contribution < 1.29 is 10.2 Å². The summed E-state index contributed by atoms with van der Waals surface area (Å²) >= 11 is 0. The van der Waals surface area contributed by atoms with Crippen LogP contribution in [0.2, 0.25) is 0 Å². The number of aromatic nitrogens is 2. The van der Waals surface area contributed by atoms with Gasteiger partial charge in [-0.25, -0.2) is 4.98 Å². The molecule has 22 heavy (non-hydrogen) atoms. The molecule has 1 aromatic heterocycles. The van der Waals surface area contributed by atoms with Crippen molar-refractivity contribution in [3.05, 3.63) is 48.5 Å². The van der Waals surface area contributed by atoms with Crippen LogP contribution in [0.25, 0.3) is 22.4 Å². The number of rotatable bonds is 6. The van der Waals surface area contributed by atoms with Crippen molar-refractivity contribution in [1.82, 2.24) is 9.97 Å². The number of benzene rings is 2. The van der Waals surface area contributed by atoms with Gasteiger partial charge in [0, 0.05) is 24.3 Å². The third kappa shape index (κ3) is 2.95. The Morgan fingerprint density at radius 2 is 1.59 bits per heavy atom. The fourth-order valence-corrected chi connectivity index (χ4v) is 2.53. The lowest BCUT2D eigenvalue weighted by molar-refractivity contribution is 0.281. The maximum absolute atomic E-state index is 9.10. The molecule has 114 valence electrons. The number of hydrogen-bond donors (Lipinski definition) is 3. The number of nitrogens with one attached hydrogen (secondary N) is 1. The summed E-state index contributed by atoms with van der Waals surface area (Å²) in [6.45, 7) is 1.13. The van der Waals surface area contributed by atoms with Gasteiger partial charge in [-0.2, -0.15) is 0 Å². The van der Waals surface area contributed by atoms with Crippen molar-refractivity contribution in [2.24, 2.45) is 0 Å². The Balaban J connectivity index is 1.86. The summed E-state index contributed by atoms with van der Waals surface area (Å²) in [6, 6.07) is 15.9. The second-order valence-corrected chi connectivity index (χ2v) is 5.08. The van der Waals surface area contributed by atoms with Gasteiger partial charge < -0.3 is 20.1 Å². The number of nitrogens with zero attached hydrogens (tertiary/aromatic N) is 2. The first-order chi connectivity index (χ1) is 10.8. The summed E-state index contributed by atoms with van der Waals surface area (Å²) in [4.78, 5) is 9.83. The summed E-state index contributed by atoms with van der Waals surface area (Å²) in [5, 5.41) is 18.2. The number of anilines is 1. The molecule has 0 aliphatic rings. The highest BCUT2D eigenvalue weighted by Crippen LogP contribution is 2.23. The van der Waals surface area contributed by atoms with E-state index >= 15 is 0 Å². The smallest absolute Gasteiger partial charge is 0.138 e. The predicted molar refractivity (Wildman–Crippen MR) is 87.9 cm³/mol. The van der Waals surface area contributed by atoms with E-state index in [9.17, 15) is 0 Å². The van der Waals surface area contributed by atoms with Gasteiger partial charge in [-0.1, -0.05) is 12.1 Å². The van der Waals surface area contributed by atoms with Gasteiger partial charge in [0.1, 0.15) is 5.82 Å². The lowest BCUT2D eigenvalue weighted by atomic mass is 10.2. The Labute approximate surface area is 128 Å². The van der Waals surface area contributed by atoms with Crippen molar-refractivity contribution in [1.29, 1.82) is 0 Å². The van der Waals surface area contributed by atoms with Gasteiger partial charge >= 0.3 is 0 Å². The molecule has 0 radical (unpaired) electrons. The monoisotopic (exact) mass is 297 g/mol. The van der Waals surface area contributed by atoms with Gasteiger partial charge in [0.25, 0.3) is 0 Å². The van der Waals surface area contributed by atoms with Crippen LogP contribution in [0, 0.1) is 0 Å². The van der Waals surface area contributed by atoms with Crippen LogP contribution in [0.5, 0.6) is 0 Å². The van der Waals surface area contributed by atoms with E-state index in [0.717, 1.165) is 28.1 Å². The fourth-order valence-electron chi connectivity index (χ4n) is 2.53. The second-order valence-electron chi connectivity index (χ2n) is 5.08. The fraction of sp³-hybridized carbons (Fsp3) is 0.235. The summed E-state index contributed by atoms with van der Waals surface area (Å²) in [6.07, 6.45) is 0. The Bertz CT molecular complexity index is 698. The largest absolute Gasteiger partial charge is 0.395 e. The van der Waals surface area contributed by atoms with Crippen LogP contribution in [0.15, 0.2) is 48.5 Å². The molecule has 5 heteroatoms. The summed E-state index contributed by atoms with van der Waals surface area (Å²) < 4.78 is 0. The Hall–Kier alpha value is -2.37. The molecule has 3 N–H and O–H groups in total. The van der Waals surface area contributed by atoms with Gasteiger partial charge in [-0.15, -0.1) is 0 Å². The normalized spacial score (nSPS) is 11.0. The quantitative estimate of drug-likeness (QED) is 0.651. The number of aliphatic hydroxyl groups excluding tert-OH is 2. The molecule has 0 unspecified atom stereocenters. The molecule has 0 spiro atoms. The molecule has 3 rings (SSSR count). The number of imidazole rings is 1. The summed E-state index contributed by atoms with van der Waals surface area (Å²) in [5.74, 6) is 0.837. The second kappa shape index (κ2) is 6.60. The maximum atomic E-state index is 9.10. The first-order valence-corrected chi connectivity index (χ1v) is 7.33. The van der Waals surface area contributed by atoms with Gasteiger partial charge in [0.05, 0.1) is 24.2 Å². The first-order valence-electron chi connectivity index (χ1n) is 7.33. The zero-order valence-electron chi connectivity index (χ0n) is 12.2. The molecule has 0 bridgehead atoms. The molecule has 0 amide bonds. The Morgan fingerprint density at radius 1 is 0.909 bits per heavy atom. The maximum Gasteiger partial charge on any atom is 0.138 e. The van der Waals surface area contributed by atoms with Crippen LogP contribution >= 0.6 is 0 Å². The van der Waals surface area contributed by atoms with Crippen LogP contribution < -0.4 is 4.90 Å². The standard InChI is InChI=1S/C17H19N3O2/c21-11-9-20(10-12-22)14-7-5-13(6-8-14)17-18-15-3-1-2-4-16(15)19-17/h1-8,21-22H,9-12H2,(H,18,19). The molecule has 0 atom stereocenters. The van der Waals surface area contributed by atoms with Crippen LogP contribution in [0.4, 0.5) is 5.69 Å². The van der Waals surface area contributed by atoms with Gasteiger partial charge in [-0.3, -0.25) is 0 Å². The lowest BCUT2D eigenvalue weighted by Gasteiger charge is -2.22. The van der Waals surface area contributed by atoms with Gasteiger partial charge in [0.2, 0.25) is 0 Å². The van der Waals surface area contributed by atoms with E-state index in [-0.39, 0.29) is 13.2 Å². The zero-order valence-corrected chi connectivity index (χ0v) is 12.2. The van der Waals surface area contributed by atoms with Crippen LogP contribution in [0.3, 0.4) is 0 Å². The Morgan fingerprint density at radius 3 is 2.23 bits per heavy atom. The highest BCUT2D eigenvalue weighted by atomic mass is 16.3. The molecular weight excluding hydrogens is 278 g/mol. The molecule has 0 aliphatic carbocycles. The highest BCUT2D eigenvalue weighted by molar-refractivity contribution is 5.79. The Kier molecular flexibility index (Phi) is 4.37. The number of para-hydroxylation sites is 2. The van der Waals surface area contributed by atoms with E-state index in [4.69, 9.17) is 10.2 Å². The van der Waals surface area contributed by atoms with Crippen LogP contribution in [-0.4, -0.2) is 46.5 Å². The number of aliphatic hydroxyl groups is 2. The average molecular weight is 297 g/mol. The number of aromatic amines is 1. The minimum absolute atomic E-state index is 0.0608. The molecule has 0 saturated heterocycles. The molecule has 0 fully saturated rings. The van der Waals surface area contributed by atoms with E-state index in [2.05, 4.69) is 9.97 Å². The number of fused-ring (bicyclic) bond motifs is 1. The van der Waals surface area contributed by atoms with Crippen LogP contribution in [0.1, 0.15) is 0 Å². The predicted octanol–water partition coefficient (Wildman–Crippen LogP) is 2.02. The van der Waals surface area contributed by atoms with Crippen molar-refractivity contribution in [2.45, 2.75) is 0 Å². The first kappa shape index (κ1) is 14.6. The number of hydrogen-bond acceptors (Lipinski definition) is 4. The molecule has 2 aromatic carbocycles. The molecule has 0 saturated carbocycles. The van der Waals surface area contributed by atoms with Crippen molar-refractivity contribution in [3.63, 3.8) is 0 Å². The highest BCUT2D eigenvalue weighted by Gasteiger charge is 2.08. The third-order valence-electron chi connectivity index (χ3n) is 3.64. The zero-order chi connectivity index (χ0) is 15.4. The summed E-state index contributed by atoms with van der Waals surface area (Å²) in [7, 11) is 0. The molecule has 0 aliphatic heterocycles. The van der Waals surface area contributed by atoms with E-state index in [1.807, 2.05) is 53.4 Å². The average Bonchev–Trinajstić information content (AvgIpc) is 2.99. The van der Waals surface area contributed by atoms with E-state index in [1.54, 1.807) is 0 Å². The van der Waals surface area contributed by atoms with E-state index < -0.39 is 0 Å². The molecule has 1 heterocycles. The van der Waals surface area contributed by atoms with Gasteiger partial charge in [0.15, 0.2) is 0 Å². The minimum Gasteiger partial charge on any atom is -0.395 e. The van der Waals surface area contributed by atoms with E-state index in [0.29, 0.717) is 13.1 Å². The molecule has 3 aromatic rings. The molecular formula is C17H19N3O2. The number of H-pyrrole nitrogens is 1.